The maximum absolute atomic E-state index is 14.8. The Balaban J connectivity index is 1.63. The average Bonchev–Trinajstić information content (AvgIpc) is 4.01. The summed E-state index contributed by atoms with van der Waals surface area (Å²) >= 11 is 0. The smallest absolute Gasteiger partial charge is 0.308 e. The van der Waals surface area contributed by atoms with Gasteiger partial charge in [-0.3, -0.25) is 43.4 Å². The van der Waals surface area contributed by atoms with Crippen LogP contribution in [0.2, 0.25) is 0 Å². The van der Waals surface area contributed by atoms with E-state index in [1.54, 1.807) is 13.8 Å². The molecular weight excluding hydrogens is 807 g/mol. The van der Waals surface area contributed by atoms with Crippen LogP contribution in [0.1, 0.15) is 91.2 Å². The van der Waals surface area contributed by atoms with Crippen molar-refractivity contribution in [2.24, 2.45) is 17.8 Å². The summed E-state index contributed by atoms with van der Waals surface area (Å²) in [6.45, 7) is 13.2. The molecule has 0 bridgehead atoms. The third-order valence-corrected chi connectivity index (χ3v) is 11.3. The molecular formula is C48H69N5O10. The minimum Gasteiger partial charge on any atom is -0.444 e. The van der Waals surface area contributed by atoms with E-state index in [4.69, 9.17) is 14.2 Å². The SMILES string of the molecule is CCNC(=O)CCC(=O)OCN(C(=O)CN1CCOCC1)[C@@H](CCc1ccccc1)C(=O)N[C@@H](CC(C)C)C(=O)C[C@@H](Cc1ccccc1)C(=O)N[C@@H](CC(C)C)C(=O)[C@@]1(C)CO1. The highest BCUT2D eigenvalue weighted by molar-refractivity contribution is 5.98. The number of nitrogens with one attached hydrogen (secondary N) is 3. The Hall–Kier alpha value is -4.99. The van der Waals surface area contributed by atoms with E-state index >= 15 is 0 Å². The number of carbonyl (C=O) groups excluding carboxylic acids is 7. The van der Waals surface area contributed by atoms with E-state index in [1.165, 1.54) is 4.90 Å². The van der Waals surface area contributed by atoms with E-state index in [1.807, 2.05) is 93.3 Å². The van der Waals surface area contributed by atoms with Crippen molar-refractivity contribution in [2.75, 3.05) is 52.7 Å². The number of rotatable bonds is 27. The first-order chi connectivity index (χ1) is 30.1. The highest BCUT2D eigenvalue weighted by Crippen LogP contribution is 2.30. The lowest BCUT2D eigenvalue weighted by Crippen LogP contribution is -2.56. The number of benzene rings is 2. The van der Waals surface area contributed by atoms with Crippen molar-refractivity contribution in [2.45, 2.75) is 117 Å². The molecule has 0 aliphatic carbocycles. The molecule has 15 nitrogen and oxygen atoms in total. The largest absolute Gasteiger partial charge is 0.444 e. The molecule has 4 rings (SSSR count). The van der Waals surface area contributed by atoms with Gasteiger partial charge in [0.1, 0.15) is 11.6 Å². The molecule has 2 heterocycles. The van der Waals surface area contributed by atoms with Gasteiger partial charge in [0, 0.05) is 38.4 Å². The Labute approximate surface area is 372 Å². The van der Waals surface area contributed by atoms with E-state index in [-0.39, 0.29) is 81.0 Å². The zero-order chi connectivity index (χ0) is 45.9. The molecule has 0 aromatic heterocycles. The summed E-state index contributed by atoms with van der Waals surface area (Å²) in [6, 6.07) is 15.8. The van der Waals surface area contributed by atoms with Crippen LogP contribution in [0.5, 0.6) is 0 Å². The first-order valence-corrected chi connectivity index (χ1v) is 22.5. The van der Waals surface area contributed by atoms with Crippen molar-refractivity contribution >= 4 is 41.2 Å². The molecule has 0 saturated carbocycles. The summed E-state index contributed by atoms with van der Waals surface area (Å²) in [6.07, 6.45) is 0.826. The maximum atomic E-state index is 14.8. The van der Waals surface area contributed by atoms with Gasteiger partial charge in [0.05, 0.1) is 44.9 Å². The van der Waals surface area contributed by atoms with Crippen LogP contribution in [0.3, 0.4) is 0 Å². The van der Waals surface area contributed by atoms with Crippen molar-refractivity contribution < 1.29 is 47.8 Å². The highest BCUT2D eigenvalue weighted by atomic mass is 16.6. The number of hydrogen-bond donors (Lipinski definition) is 3. The van der Waals surface area contributed by atoms with Gasteiger partial charge in [0.15, 0.2) is 18.3 Å². The molecule has 2 fully saturated rings. The first kappa shape index (κ1) is 50.7. The number of hydrogen-bond acceptors (Lipinski definition) is 11. The van der Waals surface area contributed by atoms with Crippen LogP contribution >= 0.6 is 0 Å². The minimum absolute atomic E-state index is 0.0549. The monoisotopic (exact) mass is 876 g/mol. The summed E-state index contributed by atoms with van der Waals surface area (Å²) in [4.78, 5) is 99.5. The van der Waals surface area contributed by atoms with Crippen LogP contribution in [0, 0.1) is 17.8 Å². The predicted octanol–water partition coefficient (Wildman–Crippen LogP) is 3.80. The van der Waals surface area contributed by atoms with E-state index in [0.29, 0.717) is 45.7 Å². The second kappa shape index (κ2) is 25.3. The fourth-order valence-corrected chi connectivity index (χ4v) is 7.63. The summed E-state index contributed by atoms with van der Waals surface area (Å²) in [5.41, 5.74) is 0.785. The number of Topliss-reactive ketones (excluding diaryl/α,β-unsaturated/α-hetero) is 2. The number of carbonyl (C=O) groups is 7. The van der Waals surface area contributed by atoms with Gasteiger partial charge in [0.25, 0.3) is 0 Å². The number of esters is 1. The van der Waals surface area contributed by atoms with Gasteiger partial charge in [-0.15, -0.1) is 0 Å². The number of epoxide rings is 1. The van der Waals surface area contributed by atoms with Gasteiger partial charge in [-0.05, 0) is 68.9 Å². The molecule has 63 heavy (non-hydrogen) atoms. The molecule has 2 aromatic rings. The lowest BCUT2D eigenvalue weighted by Gasteiger charge is -2.34. The molecule has 0 spiro atoms. The van der Waals surface area contributed by atoms with Crippen LogP contribution < -0.4 is 16.0 Å². The van der Waals surface area contributed by atoms with E-state index in [0.717, 1.165) is 11.1 Å². The molecule has 2 aliphatic heterocycles. The van der Waals surface area contributed by atoms with Crippen molar-refractivity contribution in [1.82, 2.24) is 25.8 Å². The molecule has 2 aromatic carbocycles. The van der Waals surface area contributed by atoms with Gasteiger partial charge in [-0.25, -0.2) is 0 Å². The lowest BCUT2D eigenvalue weighted by molar-refractivity contribution is -0.160. The fourth-order valence-electron chi connectivity index (χ4n) is 7.63. The number of amides is 4. The van der Waals surface area contributed by atoms with Gasteiger partial charge < -0.3 is 30.2 Å². The predicted molar refractivity (Wildman–Crippen MR) is 237 cm³/mol. The summed E-state index contributed by atoms with van der Waals surface area (Å²) in [5, 5.41) is 8.59. The fraction of sp³-hybridized carbons (Fsp3) is 0.604. The Morgan fingerprint density at radius 1 is 0.810 bits per heavy atom. The Kier molecular flexibility index (Phi) is 20.4. The number of ketones is 2. The normalized spacial score (nSPS) is 18.1. The van der Waals surface area contributed by atoms with Gasteiger partial charge in [-0.2, -0.15) is 0 Å². The van der Waals surface area contributed by atoms with Gasteiger partial charge in [0.2, 0.25) is 23.6 Å². The number of ether oxygens (including phenoxy) is 3. The van der Waals surface area contributed by atoms with E-state index < -0.39 is 60.1 Å². The minimum atomic E-state index is -1.17. The molecule has 0 radical (unpaired) electrons. The first-order valence-electron chi connectivity index (χ1n) is 22.5. The summed E-state index contributed by atoms with van der Waals surface area (Å²) in [7, 11) is 0. The van der Waals surface area contributed by atoms with Gasteiger partial charge in [-0.1, -0.05) is 88.4 Å². The van der Waals surface area contributed by atoms with Crippen LogP contribution in [0.15, 0.2) is 60.7 Å². The average molecular weight is 876 g/mol. The molecule has 2 aliphatic rings. The second-order valence-corrected chi connectivity index (χ2v) is 17.7. The molecule has 2 saturated heterocycles. The maximum Gasteiger partial charge on any atom is 0.308 e. The second-order valence-electron chi connectivity index (χ2n) is 17.7. The van der Waals surface area contributed by atoms with Crippen LogP contribution in [-0.4, -0.2) is 127 Å². The Morgan fingerprint density at radius 2 is 1.40 bits per heavy atom. The standard InChI is InChI=1S/C48H69N5O10/c1-7-49-42(55)20-21-44(57)62-32-53(43(56)30-52-22-24-61-25-23-52)40(19-18-35-14-10-8-11-15-35)47(60)50-38(26-33(2)3)41(54)29-37(28-36-16-12-9-13-17-36)46(59)51-39(27-34(4)5)45(58)48(6)31-63-48/h8-17,33-34,37-40H,7,18-32H2,1-6H3,(H,49,55)(H,50,60)(H,51,59)/t37-,38+,39+,40+,48-/m1/s1. The summed E-state index contributed by atoms with van der Waals surface area (Å²) in [5.74, 6) is -3.95. The zero-order valence-corrected chi connectivity index (χ0v) is 38.0. The van der Waals surface area contributed by atoms with Crippen LogP contribution in [0.4, 0.5) is 0 Å². The highest BCUT2D eigenvalue weighted by Gasteiger charge is 2.50. The molecule has 346 valence electrons. The Morgan fingerprint density at radius 3 is 1.98 bits per heavy atom. The molecule has 5 atom stereocenters. The Bertz CT molecular complexity index is 1810. The molecule has 3 N–H and O–H groups in total. The molecule has 15 heteroatoms. The molecule has 0 unspecified atom stereocenters. The lowest BCUT2D eigenvalue weighted by atomic mass is 9.87. The van der Waals surface area contributed by atoms with E-state index in [2.05, 4.69) is 16.0 Å². The zero-order valence-electron chi connectivity index (χ0n) is 38.0. The summed E-state index contributed by atoms with van der Waals surface area (Å²) < 4.78 is 16.5. The van der Waals surface area contributed by atoms with Crippen molar-refractivity contribution in [3.05, 3.63) is 71.8 Å². The van der Waals surface area contributed by atoms with Crippen LogP contribution in [-0.2, 0) is 60.6 Å². The number of nitrogens with zero attached hydrogens (tertiary/aromatic N) is 2. The number of aryl methyl sites for hydroxylation is 1. The quantitative estimate of drug-likeness (QED) is 0.0672. The van der Waals surface area contributed by atoms with Gasteiger partial charge >= 0.3 is 5.97 Å². The topological polar surface area (TPSA) is 193 Å². The third kappa shape index (κ3) is 17.2. The van der Waals surface area contributed by atoms with Crippen molar-refractivity contribution in [3.8, 4) is 0 Å². The third-order valence-electron chi connectivity index (χ3n) is 11.3. The number of morpholine rings is 1. The molecule has 4 amide bonds. The van der Waals surface area contributed by atoms with Crippen molar-refractivity contribution in [1.29, 1.82) is 0 Å². The van der Waals surface area contributed by atoms with Crippen LogP contribution in [0.25, 0.3) is 0 Å². The van der Waals surface area contributed by atoms with E-state index in [9.17, 15) is 33.6 Å². The van der Waals surface area contributed by atoms with Crippen molar-refractivity contribution in [3.63, 3.8) is 0 Å².